The van der Waals surface area contributed by atoms with Crippen LogP contribution in [-0.4, -0.2) is 70.9 Å². The fraction of sp³-hybridized carbons (Fsp3) is 0.387. The summed E-state index contributed by atoms with van der Waals surface area (Å²) in [6.45, 7) is 8.09. The minimum atomic E-state index is -0.554. The molecule has 5 heterocycles. The van der Waals surface area contributed by atoms with Crippen molar-refractivity contribution in [2.24, 2.45) is 11.3 Å². The first-order valence-electron chi connectivity index (χ1n) is 14.5. The van der Waals surface area contributed by atoms with Crippen molar-refractivity contribution >= 4 is 34.8 Å². The van der Waals surface area contributed by atoms with Gasteiger partial charge in [-0.25, -0.2) is 19.3 Å². The van der Waals surface area contributed by atoms with E-state index in [1.54, 1.807) is 29.3 Å². The Kier molecular flexibility index (Phi) is 7.94. The van der Waals surface area contributed by atoms with E-state index in [9.17, 15) is 4.79 Å². The second-order valence-electron chi connectivity index (χ2n) is 11.4. The average molecular weight is 587 g/mol. The van der Waals surface area contributed by atoms with Crippen molar-refractivity contribution in [2.45, 2.75) is 25.7 Å². The lowest BCUT2D eigenvalue weighted by Crippen LogP contribution is -2.58. The highest BCUT2D eigenvalue weighted by Gasteiger charge is 2.44. The summed E-state index contributed by atoms with van der Waals surface area (Å²) in [4.78, 5) is 28.7. The molecule has 0 saturated carbocycles. The van der Waals surface area contributed by atoms with Crippen molar-refractivity contribution in [2.75, 3.05) is 55.3 Å². The Labute approximate surface area is 249 Å². The summed E-state index contributed by atoms with van der Waals surface area (Å²) in [6, 6.07) is 8.13. The van der Waals surface area contributed by atoms with Gasteiger partial charge in [-0.2, -0.15) is 0 Å². The van der Waals surface area contributed by atoms with E-state index in [0.29, 0.717) is 48.4 Å². The Morgan fingerprint density at radius 3 is 2.60 bits per heavy atom. The Morgan fingerprint density at radius 2 is 1.88 bits per heavy atom. The number of ether oxygens (including phenoxy) is 2. The number of nitrogen functional groups attached to an aromatic ring is 1. The van der Waals surface area contributed by atoms with Gasteiger partial charge in [-0.3, -0.25) is 4.79 Å². The van der Waals surface area contributed by atoms with E-state index in [1.807, 2.05) is 6.07 Å². The average Bonchev–Trinajstić information content (AvgIpc) is 3.01. The first-order chi connectivity index (χ1) is 20.8. The molecule has 1 aromatic carbocycles. The van der Waals surface area contributed by atoms with Gasteiger partial charge in [0.1, 0.15) is 41.1 Å². The number of piperidine rings is 1. The largest absolute Gasteiger partial charge is 0.457 e. The van der Waals surface area contributed by atoms with Crippen LogP contribution in [0.15, 0.2) is 55.5 Å². The SMILES string of the molecule is C=CC(=O)N1CCC(C(=N)c2c(N)ncnc2Nc2ccc(Oc3ccnc(N4CC5(CCOCC5)C4)c3)cc2F)CC1. The molecular formula is C31H35FN8O3. The predicted octanol–water partition coefficient (Wildman–Crippen LogP) is 4.54. The number of amides is 1. The molecule has 11 nitrogen and oxygen atoms in total. The van der Waals surface area contributed by atoms with E-state index < -0.39 is 5.82 Å². The van der Waals surface area contributed by atoms with Gasteiger partial charge in [0.25, 0.3) is 0 Å². The van der Waals surface area contributed by atoms with Crippen molar-refractivity contribution < 1.29 is 18.7 Å². The Morgan fingerprint density at radius 1 is 1.14 bits per heavy atom. The van der Waals surface area contributed by atoms with Crippen molar-refractivity contribution in [3.8, 4) is 11.5 Å². The number of anilines is 4. The van der Waals surface area contributed by atoms with E-state index >= 15 is 4.39 Å². The van der Waals surface area contributed by atoms with Crippen LogP contribution in [0.4, 0.5) is 27.5 Å². The highest BCUT2D eigenvalue weighted by molar-refractivity contribution is 6.07. The minimum Gasteiger partial charge on any atom is -0.457 e. The quantitative estimate of drug-likeness (QED) is 0.256. The zero-order valence-electron chi connectivity index (χ0n) is 23.9. The third kappa shape index (κ3) is 6.00. The number of likely N-dealkylation sites (tertiary alicyclic amines) is 1. The second-order valence-corrected chi connectivity index (χ2v) is 11.4. The van der Waals surface area contributed by atoms with Gasteiger partial charge < -0.3 is 35.7 Å². The predicted molar refractivity (Wildman–Crippen MR) is 161 cm³/mol. The van der Waals surface area contributed by atoms with E-state index in [2.05, 4.69) is 31.7 Å². The van der Waals surface area contributed by atoms with E-state index in [1.165, 1.54) is 18.5 Å². The van der Waals surface area contributed by atoms with E-state index in [-0.39, 0.29) is 34.9 Å². The Hall–Kier alpha value is -4.58. The fourth-order valence-electron chi connectivity index (χ4n) is 6.09. The molecule has 3 fully saturated rings. The van der Waals surface area contributed by atoms with E-state index in [4.69, 9.17) is 20.6 Å². The molecule has 43 heavy (non-hydrogen) atoms. The summed E-state index contributed by atoms with van der Waals surface area (Å²) < 4.78 is 26.8. The van der Waals surface area contributed by atoms with Crippen LogP contribution < -0.4 is 20.7 Å². The van der Waals surface area contributed by atoms with Gasteiger partial charge in [0.15, 0.2) is 0 Å². The first kappa shape index (κ1) is 28.5. The molecule has 0 unspecified atom stereocenters. The molecule has 0 bridgehead atoms. The minimum absolute atomic E-state index is 0.123. The summed E-state index contributed by atoms with van der Waals surface area (Å²) in [7, 11) is 0. The summed E-state index contributed by atoms with van der Waals surface area (Å²) in [5, 5.41) is 11.9. The number of carbonyl (C=O) groups is 1. The second kappa shape index (κ2) is 12.0. The number of hydrogen-bond donors (Lipinski definition) is 3. The molecule has 0 aliphatic carbocycles. The summed E-state index contributed by atoms with van der Waals surface area (Å²) in [5.74, 6) is 1.29. The van der Waals surface area contributed by atoms with Gasteiger partial charge in [0.2, 0.25) is 5.91 Å². The Balaban J connectivity index is 1.12. The summed E-state index contributed by atoms with van der Waals surface area (Å²) >= 11 is 0. The van der Waals surface area contributed by atoms with Crippen LogP contribution in [0, 0.1) is 22.6 Å². The van der Waals surface area contributed by atoms with E-state index in [0.717, 1.165) is 45.0 Å². The molecule has 4 N–H and O–H groups in total. The van der Waals surface area contributed by atoms with Crippen LogP contribution in [-0.2, 0) is 9.53 Å². The molecule has 1 amide bonds. The molecule has 6 rings (SSSR count). The molecule has 3 aromatic rings. The summed E-state index contributed by atoms with van der Waals surface area (Å²) in [5.41, 5.74) is 7.24. The molecule has 224 valence electrons. The molecular weight excluding hydrogens is 551 g/mol. The number of hydrogen-bond acceptors (Lipinski definition) is 10. The van der Waals surface area contributed by atoms with Crippen molar-refractivity contribution in [3.63, 3.8) is 0 Å². The van der Waals surface area contributed by atoms with Gasteiger partial charge in [-0.05, 0) is 50.0 Å². The Bertz CT molecular complexity index is 1530. The third-order valence-corrected chi connectivity index (χ3v) is 8.61. The highest BCUT2D eigenvalue weighted by atomic mass is 19.1. The van der Waals surface area contributed by atoms with Crippen LogP contribution in [0.2, 0.25) is 0 Å². The number of halogens is 1. The van der Waals surface area contributed by atoms with Crippen LogP contribution in [0.1, 0.15) is 31.2 Å². The van der Waals surface area contributed by atoms with Gasteiger partial charge in [0.05, 0.1) is 11.3 Å². The standard InChI is InChI=1S/C31H35FN8O3/c1-2-26(41)39-11-6-20(7-12-39)28(33)27-29(34)36-19-37-30(27)38-24-4-3-21(15-23(24)32)43-22-5-10-35-25(16-22)40-17-31(18-40)8-13-42-14-9-31/h2-5,10,15-16,19-20,33H,1,6-9,11-14,17-18H2,(H3,34,36,37,38). The fourth-order valence-corrected chi connectivity index (χ4v) is 6.09. The van der Waals surface area contributed by atoms with Gasteiger partial charge in [0, 0.05) is 74.8 Å². The normalized spacial score (nSPS) is 18.2. The maximum absolute atomic E-state index is 15.3. The number of aromatic nitrogens is 3. The number of carbonyl (C=O) groups excluding carboxylic acids is 1. The number of nitrogens with one attached hydrogen (secondary N) is 2. The van der Waals surface area contributed by atoms with Crippen molar-refractivity contribution in [1.82, 2.24) is 19.9 Å². The van der Waals surface area contributed by atoms with Crippen LogP contribution in [0.25, 0.3) is 0 Å². The monoisotopic (exact) mass is 586 g/mol. The third-order valence-electron chi connectivity index (χ3n) is 8.61. The van der Waals surface area contributed by atoms with Gasteiger partial charge in [-0.15, -0.1) is 0 Å². The molecule has 2 aromatic heterocycles. The number of nitrogens with two attached hydrogens (primary N) is 1. The van der Waals surface area contributed by atoms with Crippen LogP contribution in [0.3, 0.4) is 0 Å². The molecule has 0 atom stereocenters. The number of rotatable bonds is 8. The molecule has 3 aliphatic heterocycles. The highest BCUT2D eigenvalue weighted by Crippen LogP contribution is 2.42. The lowest BCUT2D eigenvalue weighted by Gasteiger charge is -2.52. The topological polar surface area (TPSA) is 143 Å². The lowest BCUT2D eigenvalue weighted by molar-refractivity contribution is -0.127. The first-order valence-corrected chi connectivity index (χ1v) is 14.5. The molecule has 0 radical (unpaired) electrons. The zero-order valence-corrected chi connectivity index (χ0v) is 23.9. The molecule has 1 spiro atoms. The number of benzene rings is 1. The number of nitrogens with zero attached hydrogens (tertiary/aromatic N) is 5. The maximum Gasteiger partial charge on any atom is 0.245 e. The van der Waals surface area contributed by atoms with Gasteiger partial charge in [-0.1, -0.05) is 6.58 Å². The van der Waals surface area contributed by atoms with Crippen LogP contribution in [0.5, 0.6) is 11.5 Å². The van der Waals surface area contributed by atoms with Crippen molar-refractivity contribution in [3.05, 3.63) is 66.9 Å². The number of pyridine rings is 1. The van der Waals surface area contributed by atoms with Gasteiger partial charge >= 0.3 is 0 Å². The molecule has 3 aliphatic rings. The summed E-state index contributed by atoms with van der Waals surface area (Å²) in [6.07, 6.45) is 7.60. The zero-order chi connectivity index (χ0) is 30.0. The lowest BCUT2D eigenvalue weighted by atomic mass is 9.73. The van der Waals surface area contributed by atoms with Crippen LogP contribution >= 0.6 is 0 Å². The maximum atomic E-state index is 15.3. The van der Waals surface area contributed by atoms with Crippen molar-refractivity contribution in [1.29, 1.82) is 5.41 Å². The molecule has 12 heteroatoms. The molecule has 3 saturated heterocycles. The smallest absolute Gasteiger partial charge is 0.245 e.